The molecule has 0 amide bonds. The number of nitrogen functional groups attached to an aromatic ring is 1. The van der Waals surface area contributed by atoms with E-state index in [1.807, 2.05) is 0 Å². The largest absolute Gasteiger partial charge is 0.396 e. The van der Waals surface area contributed by atoms with Gasteiger partial charge in [-0.3, -0.25) is 43.0 Å². The van der Waals surface area contributed by atoms with Gasteiger partial charge in [-0.1, -0.05) is 12.2 Å². The Morgan fingerprint density at radius 1 is 0.750 bits per heavy atom. The van der Waals surface area contributed by atoms with Crippen LogP contribution in [0.4, 0.5) is 5.95 Å². The SMILES string of the molecule is CO[C@H]1C(OP(=S)(S)OCCCO)[C@@H](COP(O)(=S)OC2C[C@H](n3cc(C)c(=O)[nH]c3=O)O[C@@H]2COP(O)(=S)OC2C[C@H](n3cnc4c(=O)[nH]c(N)nc43)O[C@@H]2COP(O)(=S)OC(C)C)O[C@H]1n1cc(C)c(=O)[nH]c1=O. The van der Waals surface area contributed by atoms with Gasteiger partial charge in [-0.25, -0.2) is 14.6 Å². The second kappa shape index (κ2) is 25.3. The van der Waals surface area contributed by atoms with Crippen molar-refractivity contribution in [2.24, 2.45) is 0 Å². The second-order valence-electron chi connectivity index (χ2n) is 17.4. The Bertz CT molecular complexity index is 3250. The van der Waals surface area contributed by atoms with E-state index in [0.29, 0.717) is 0 Å². The molecule has 4 aromatic heterocycles. The van der Waals surface area contributed by atoms with Gasteiger partial charge in [0.2, 0.25) is 11.6 Å². The number of H-pyrrole nitrogens is 3. The summed E-state index contributed by atoms with van der Waals surface area (Å²) in [4.78, 5) is 112. The average Bonchev–Trinajstić information content (AvgIpc) is 4.11. The van der Waals surface area contributed by atoms with E-state index in [2.05, 4.69) is 37.2 Å². The molecule has 3 aliphatic heterocycles. The summed E-state index contributed by atoms with van der Waals surface area (Å²) < 4.78 is 74.4. The van der Waals surface area contributed by atoms with E-state index in [4.69, 9.17) is 108 Å². The van der Waals surface area contributed by atoms with Crippen molar-refractivity contribution in [2.75, 3.05) is 45.9 Å². The number of imidazole rings is 1. The molecule has 0 bridgehead atoms. The smallest absolute Gasteiger partial charge is 0.330 e. The van der Waals surface area contributed by atoms with Crippen LogP contribution in [0.3, 0.4) is 0 Å². The van der Waals surface area contributed by atoms with Gasteiger partial charge in [0.1, 0.15) is 43.0 Å². The monoisotopic (exact) mass is 1250 g/mol. The number of methoxy groups -OCH3 is 1. The minimum Gasteiger partial charge on any atom is -0.396 e. The van der Waals surface area contributed by atoms with E-state index in [9.17, 15) is 43.8 Å². The van der Waals surface area contributed by atoms with Crippen molar-refractivity contribution in [3.05, 3.63) is 81.9 Å². The van der Waals surface area contributed by atoms with Gasteiger partial charge in [0.05, 0.1) is 51.1 Å². The molecule has 7 unspecified atom stereocenters. The minimum absolute atomic E-state index is 0.0304. The summed E-state index contributed by atoms with van der Waals surface area (Å²) in [6, 6.07) is 0. The summed E-state index contributed by atoms with van der Waals surface area (Å²) >= 11 is 26.1. The minimum atomic E-state index is -4.46. The van der Waals surface area contributed by atoms with E-state index in [-0.39, 0.29) is 60.7 Å². The Hall–Kier alpha value is -2.18. The maximum atomic E-state index is 13.1. The summed E-state index contributed by atoms with van der Waals surface area (Å²) in [6.45, 7) is -8.47. The van der Waals surface area contributed by atoms with Crippen LogP contribution in [0.2, 0.25) is 0 Å². The van der Waals surface area contributed by atoms with Crippen LogP contribution in [0.1, 0.15) is 62.9 Å². The Balaban J connectivity index is 1.11. The van der Waals surface area contributed by atoms with Gasteiger partial charge < -0.3 is 80.7 Å². The first-order valence-corrected chi connectivity index (χ1v) is 34.2. The number of nitrogens with zero attached hydrogens (tertiary/aromatic N) is 5. The molecule has 424 valence electrons. The number of rotatable bonds is 25. The highest BCUT2D eigenvalue weighted by molar-refractivity contribution is 8.60. The van der Waals surface area contributed by atoms with Gasteiger partial charge in [-0.2, -0.15) is 4.98 Å². The summed E-state index contributed by atoms with van der Waals surface area (Å²) in [6.07, 6.45) is -9.01. The number of hydrogen-bond donors (Lipinski definition) is 9. The number of aryl methyl sites for hydroxylation is 2. The van der Waals surface area contributed by atoms with Crippen molar-refractivity contribution in [2.45, 2.75) is 114 Å². The fourth-order valence-corrected chi connectivity index (χ4v) is 14.7. The van der Waals surface area contributed by atoms with Crippen LogP contribution in [0.15, 0.2) is 42.7 Å². The molecule has 7 rings (SSSR count). The number of hydrogen-bond acceptors (Lipinski definition) is 25. The molecule has 4 aromatic rings. The Morgan fingerprint density at radius 3 is 1.83 bits per heavy atom. The fourth-order valence-electron chi connectivity index (χ4n) is 8.07. The van der Waals surface area contributed by atoms with Crippen molar-refractivity contribution in [1.29, 1.82) is 0 Å². The van der Waals surface area contributed by atoms with Crippen LogP contribution >= 0.6 is 38.1 Å². The van der Waals surface area contributed by atoms with Crippen molar-refractivity contribution < 1.29 is 74.9 Å². The molecule has 30 nitrogen and oxygen atoms in total. The third-order valence-corrected chi connectivity index (χ3v) is 18.6. The number of aromatic amines is 3. The first kappa shape index (κ1) is 61.4. The molecule has 3 aliphatic rings. The number of anilines is 1. The number of aliphatic hydroxyl groups is 1. The number of nitrogens with one attached hydrogen (secondary N) is 3. The maximum Gasteiger partial charge on any atom is 0.330 e. The van der Waals surface area contributed by atoms with E-state index < -0.39 is 141 Å². The fraction of sp³-hybridized carbons (Fsp3) is 0.649. The lowest BCUT2D eigenvalue weighted by atomic mass is 10.1. The van der Waals surface area contributed by atoms with Crippen molar-refractivity contribution in [1.82, 2.24) is 38.6 Å². The van der Waals surface area contributed by atoms with Gasteiger partial charge in [-0.05, 0) is 81.3 Å². The van der Waals surface area contributed by atoms with Gasteiger partial charge >= 0.3 is 31.5 Å². The van der Waals surface area contributed by atoms with Crippen LogP contribution in [0.25, 0.3) is 11.2 Å². The zero-order valence-electron chi connectivity index (χ0n) is 40.7. The van der Waals surface area contributed by atoms with Gasteiger partial charge in [0, 0.05) is 50.1 Å². The van der Waals surface area contributed by atoms with Gasteiger partial charge in [0.15, 0.2) is 17.4 Å². The summed E-state index contributed by atoms with van der Waals surface area (Å²) in [7, 11) is 1.30. The average molecular weight is 1250 g/mol. The third kappa shape index (κ3) is 15.4. The topological polar surface area (TPSA) is 391 Å². The number of ether oxygens (including phenoxy) is 4. The molecular weight excluding hydrogens is 1190 g/mol. The number of thiol groups is 1. The summed E-state index contributed by atoms with van der Waals surface area (Å²) in [5.74, 6) is -0.206. The van der Waals surface area contributed by atoms with E-state index in [0.717, 1.165) is 9.13 Å². The molecular formula is C37H55N9O21P4S5. The number of fused-ring (bicyclic) bond motifs is 1. The second-order valence-corrected chi connectivity index (χ2v) is 31.0. The molecule has 9 N–H and O–H groups in total. The lowest BCUT2D eigenvalue weighted by Crippen LogP contribution is -2.40. The molecule has 76 heavy (non-hydrogen) atoms. The Kier molecular flexibility index (Phi) is 20.5. The normalized spacial score (nSPS) is 28.1. The van der Waals surface area contributed by atoms with Gasteiger partial charge in [0.25, 0.3) is 16.7 Å². The highest BCUT2D eigenvalue weighted by Crippen LogP contribution is 2.58. The zero-order chi connectivity index (χ0) is 55.7. The first-order valence-electron chi connectivity index (χ1n) is 22.7. The standard InChI is InChI=1S/C37H55N9O21P4S5/c1-17(2)64-68(53,72)58-13-23-21(10-26(62-23)46-16-39-27-30(46)40-35(38)41-33(27)50)66-69(54,73)59-14-22-20(9-25(61-22)44-11-18(3)31(48)42-36(44)51)65-70(55,74)60-15-24-28(67-71(75,76)57-8-6-7-47)29(56-5)34(63-24)45-12-19(4)32(49)43-37(45)52/h11-12,16-17,20-26,28-29,34,47H,6-10,13-15H2,1-5H3,(H,53,72)(H,54,73)(H,55,74)(H,75,76)(H,42,48,51)(H,43,49,52)(H3,38,40,41,50)/t20?,21?,22-,23-,24-,25-,26-,28?,29+,34-,68?,69?,70?/m1/s1. The van der Waals surface area contributed by atoms with Crippen molar-refractivity contribution in [3.63, 3.8) is 0 Å². The summed E-state index contributed by atoms with van der Waals surface area (Å²) in [5.41, 5.74) is -1.01. The van der Waals surface area contributed by atoms with E-state index in [1.54, 1.807) is 13.8 Å². The van der Waals surface area contributed by atoms with Crippen LogP contribution < -0.4 is 33.8 Å². The number of aliphatic hydroxyl groups excluding tert-OH is 1. The quantitative estimate of drug-likeness (QED) is 0.0251. The van der Waals surface area contributed by atoms with Crippen LogP contribution in [-0.2, 0) is 102 Å². The Labute approximate surface area is 455 Å². The number of nitrogens with two attached hydrogens (primary N) is 1. The molecule has 39 heteroatoms. The van der Waals surface area contributed by atoms with Crippen LogP contribution in [-0.4, -0.2) is 147 Å². The van der Waals surface area contributed by atoms with Crippen LogP contribution in [0.5, 0.6) is 0 Å². The van der Waals surface area contributed by atoms with E-state index in [1.165, 1.54) is 44.2 Å². The van der Waals surface area contributed by atoms with Gasteiger partial charge in [-0.15, -0.1) is 0 Å². The molecule has 3 saturated heterocycles. The third-order valence-electron chi connectivity index (χ3n) is 11.5. The molecule has 0 radical (unpaired) electrons. The maximum absolute atomic E-state index is 13.1. The van der Waals surface area contributed by atoms with Crippen LogP contribution in [0, 0.1) is 13.8 Å². The highest BCUT2D eigenvalue weighted by Gasteiger charge is 2.51. The molecule has 0 saturated carbocycles. The van der Waals surface area contributed by atoms with Crippen molar-refractivity contribution >= 4 is 102 Å². The lowest BCUT2D eigenvalue weighted by molar-refractivity contribution is -0.0637. The number of aromatic nitrogens is 8. The zero-order valence-corrected chi connectivity index (χ0v) is 48.4. The van der Waals surface area contributed by atoms with Crippen molar-refractivity contribution in [3.8, 4) is 0 Å². The molecule has 0 aliphatic carbocycles. The predicted octanol–water partition coefficient (Wildman–Crippen LogP) is 0.741. The first-order chi connectivity index (χ1) is 35.6. The Morgan fingerprint density at radius 2 is 1.28 bits per heavy atom. The summed E-state index contributed by atoms with van der Waals surface area (Å²) in [5, 5.41) is 9.30. The molecule has 7 heterocycles. The van der Waals surface area contributed by atoms with E-state index >= 15 is 0 Å². The molecule has 3 fully saturated rings. The molecule has 14 atom stereocenters. The highest BCUT2D eigenvalue weighted by atomic mass is 32.9. The predicted molar refractivity (Wildman–Crippen MR) is 286 cm³/mol. The molecule has 0 spiro atoms. The lowest BCUT2D eigenvalue weighted by Gasteiger charge is -2.29. The molecule has 0 aromatic carbocycles.